The lowest BCUT2D eigenvalue weighted by Gasteiger charge is -2.27. The molecule has 0 aromatic heterocycles. The molecule has 0 saturated heterocycles. The van der Waals surface area contributed by atoms with Crippen molar-refractivity contribution in [3.63, 3.8) is 0 Å². The van der Waals surface area contributed by atoms with E-state index in [0.717, 1.165) is 44.9 Å². The minimum absolute atomic E-state index is 0.363. The quantitative estimate of drug-likeness (QED) is 0.0388. The van der Waals surface area contributed by atoms with Crippen LogP contribution in [0.5, 0.6) is 0 Å². The normalized spacial score (nSPS) is 14.8. The van der Waals surface area contributed by atoms with E-state index in [0.29, 0.717) is 19.3 Å². The first kappa shape index (κ1) is 41.8. The molecule has 4 unspecified atom stereocenters. The number of aliphatic hydroxyl groups is 4. The van der Waals surface area contributed by atoms with Gasteiger partial charge >= 0.3 is 0 Å². The minimum atomic E-state index is -1.28. The van der Waals surface area contributed by atoms with Crippen molar-refractivity contribution in [3.8, 4) is 0 Å². The van der Waals surface area contributed by atoms with Crippen LogP contribution in [0.2, 0.25) is 0 Å². The molecule has 0 spiro atoms. The number of amides is 1. The Labute approximate surface area is 265 Å². The molecular weight excluding hydrogens is 538 g/mol. The van der Waals surface area contributed by atoms with Crippen LogP contribution in [0.25, 0.3) is 0 Å². The van der Waals surface area contributed by atoms with Gasteiger partial charge in [0.1, 0.15) is 12.2 Å². The maximum atomic E-state index is 12.4. The van der Waals surface area contributed by atoms with Crippen LogP contribution in [0, 0.1) is 0 Å². The Morgan fingerprint density at radius 1 is 0.558 bits per heavy atom. The van der Waals surface area contributed by atoms with Gasteiger partial charge in [0, 0.05) is 0 Å². The number of hydrogen-bond donors (Lipinski definition) is 5. The average Bonchev–Trinajstić information content (AvgIpc) is 3.01. The van der Waals surface area contributed by atoms with Crippen molar-refractivity contribution in [2.45, 2.75) is 199 Å². The maximum absolute atomic E-state index is 12.4. The summed E-state index contributed by atoms with van der Waals surface area (Å²) in [4.78, 5) is 12.4. The lowest BCUT2D eigenvalue weighted by molar-refractivity contribution is -0.132. The fraction of sp³-hybridized carbons (Fsp3) is 0.865. The summed E-state index contributed by atoms with van der Waals surface area (Å²) in [6, 6.07) is -1.00. The molecular formula is C37H71NO5. The summed E-state index contributed by atoms with van der Waals surface area (Å²) in [6.45, 7) is 3.94. The number of rotatable bonds is 32. The molecule has 0 bridgehead atoms. The van der Waals surface area contributed by atoms with Crippen molar-refractivity contribution in [3.05, 3.63) is 24.3 Å². The third-order valence-electron chi connectivity index (χ3n) is 8.37. The van der Waals surface area contributed by atoms with Gasteiger partial charge in [-0.2, -0.15) is 0 Å². The monoisotopic (exact) mass is 610 g/mol. The summed E-state index contributed by atoms with van der Waals surface area (Å²) >= 11 is 0. The van der Waals surface area contributed by atoms with Crippen LogP contribution < -0.4 is 5.32 Å². The third-order valence-corrected chi connectivity index (χ3v) is 8.37. The zero-order chi connectivity index (χ0) is 31.8. The molecule has 4 atom stereocenters. The van der Waals surface area contributed by atoms with Crippen molar-refractivity contribution in [2.24, 2.45) is 0 Å². The van der Waals surface area contributed by atoms with Crippen LogP contribution in [-0.4, -0.2) is 57.3 Å². The van der Waals surface area contributed by atoms with Crippen LogP contribution in [-0.2, 0) is 4.79 Å². The van der Waals surface area contributed by atoms with Gasteiger partial charge < -0.3 is 25.7 Å². The number of allylic oxidation sites excluding steroid dienone is 4. The van der Waals surface area contributed by atoms with E-state index in [4.69, 9.17) is 0 Å². The van der Waals surface area contributed by atoms with E-state index in [-0.39, 0.29) is 0 Å². The highest BCUT2D eigenvalue weighted by molar-refractivity contribution is 5.80. The summed E-state index contributed by atoms with van der Waals surface area (Å²) in [5, 5.41) is 43.3. The van der Waals surface area contributed by atoms with Crippen molar-refractivity contribution >= 4 is 5.91 Å². The van der Waals surface area contributed by atoms with Gasteiger partial charge in [-0.3, -0.25) is 4.79 Å². The van der Waals surface area contributed by atoms with E-state index >= 15 is 0 Å². The van der Waals surface area contributed by atoms with Crippen LogP contribution in [0.15, 0.2) is 24.3 Å². The predicted octanol–water partition coefficient (Wildman–Crippen LogP) is 8.45. The molecule has 254 valence electrons. The molecule has 0 aromatic carbocycles. The molecule has 0 aliphatic carbocycles. The lowest BCUT2D eigenvalue weighted by atomic mass is 10.00. The molecule has 1 amide bonds. The summed E-state index contributed by atoms with van der Waals surface area (Å²) in [5.41, 5.74) is 0. The second-order valence-electron chi connectivity index (χ2n) is 12.6. The van der Waals surface area contributed by atoms with E-state index in [2.05, 4.69) is 43.5 Å². The molecule has 0 aliphatic rings. The molecule has 0 radical (unpaired) electrons. The zero-order valence-corrected chi connectivity index (χ0v) is 28.2. The van der Waals surface area contributed by atoms with Gasteiger partial charge in [0.2, 0.25) is 5.91 Å². The topological polar surface area (TPSA) is 110 Å². The summed E-state index contributed by atoms with van der Waals surface area (Å²) in [7, 11) is 0. The van der Waals surface area contributed by atoms with Crippen molar-refractivity contribution in [1.29, 1.82) is 0 Å². The van der Waals surface area contributed by atoms with Gasteiger partial charge in [-0.1, -0.05) is 154 Å². The number of carbonyl (C=O) groups excluding carboxylic acids is 1. The molecule has 0 heterocycles. The van der Waals surface area contributed by atoms with Crippen LogP contribution in [0.1, 0.15) is 174 Å². The number of aliphatic hydroxyl groups excluding tert-OH is 4. The Balaban J connectivity index is 3.81. The summed E-state index contributed by atoms with van der Waals surface area (Å²) in [6.07, 6.45) is 33.5. The van der Waals surface area contributed by atoms with Crippen LogP contribution >= 0.6 is 0 Å². The van der Waals surface area contributed by atoms with E-state index in [1.807, 2.05) is 0 Å². The predicted molar refractivity (Wildman–Crippen MR) is 182 cm³/mol. The zero-order valence-electron chi connectivity index (χ0n) is 28.2. The molecule has 0 aromatic rings. The van der Waals surface area contributed by atoms with Gasteiger partial charge in [-0.25, -0.2) is 0 Å². The smallest absolute Gasteiger partial charge is 0.249 e. The number of unbranched alkanes of at least 4 members (excludes halogenated alkanes) is 19. The summed E-state index contributed by atoms with van der Waals surface area (Å²) in [5.74, 6) is -0.599. The van der Waals surface area contributed by atoms with E-state index < -0.39 is 36.9 Å². The van der Waals surface area contributed by atoms with Crippen molar-refractivity contribution in [2.75, 3.05) is 6.61 Å². The van der Waals surface area contributed by atoms with Crippen LogP contribution in [0.4, 0.5) is 0 Å². The SMILES string of the molecule is CCC/C=C/CC/C=C/CCCC(O)C(O)C(CO)NC(=O)C(O)CCCCCCCCCCCCCCCCCCC. The molecule has 0 fully saturated rings. The van der Waals surface area contributed by atoms with E-state index in [9.17, 15) is 25.2 Å². The summed E-state index contributed by atoms with van der Waals surface area (Å²) < 4.78 is 0. The Morgan fingerprint density at radius 2 is 1.00 bits per heavy atom. The first-order valence-corrected chi connectivity index (χ1v) is 18.2. The first-order chi connectivity index (χ1) is 21.0. The largest absolute Gasteiger partial charge is 0.394 e. The fourth-order valence-corrected chi connectivity index (χ4v) is 5.43. The highest BCUT2D eigenvalue weighted by Gasteiger charge is 2.28. The van der Waals surface area contributed by atoms with Crippen molar-refractivity contribution in [1.82, 2.24) is 5.32 Å². The average molecular weight is 610 g/mol. The Bertz CT molecular complexity index is 653. The molecule has 5 N–H and O–H groups in total. The second kappa shape index (κ2) is 32.2. The van der Waals surface area contributed by atoms with E-state index in [1.54, 1.807) is 0 Å². The standard InChI is InChI=1S/C37H71NO5/c1-3-5-7-9-11-13-15-16-17-18-19-20-21-23-25-27-29-31-35(41)37(43)38-33(32-39)36(42)34(40)30-28-26-24-22-14-12-10-8-6-4-2/h8,10,22,24,33-36,39-42H,3-7,9,11-21,23,25-32H2,1-2H3,(H,38,43)/b10-8+,24-22+. The van der Waals surface area contributed by atoms with Gasteiger partial charge in [-0.15, -0.1) is 0 Å². The number of nitrogens with one attached hydrogen (secondary N) is 1. The molecule has 0 saturated carbocycles. The maximum Gasteiger partial charge on any atom is 0.249 e. The Hall–Kier alpha value is -1.21. The minimum Gasteiger partial charge on any atom is -0.394 e. The fourth-order valence-electron chi connectivity index (χ4n) is 5.43. The van der Waals surface area contributed by atoms with Gasteiger partial charge in [0.05, 0.1) is 18.8 Å². The number of carbonyl (C=O) groups is 1. The van der Waals surface area contributed by atoms with Crippen LogP contribution in [0.3, 0.4) is 0 Å². The molecule has 43 heavy (non-hydrogen) atoms. The van der Waals surface area contributed by atoms with Gasteiger partial charge in [0.25, 0.3) is 0 Å². The van der Waals surface area contributed by atoms with Crippen molar-refractivity contribution < 1.29 is 25.2 Å². The van der Waals surface area contributed by atoms with Gasteiger partial charge in [0.15, 0.2) is 0 Å². The second-order valence-corrected chi connectivity index (χ2v) is 12.6. The lowest BCUT2D eigenvalue weighted by Crippen LogP contribution is -2.53. The Morgan fingerprint density at radius 3 is 1.47 bits per heavy atom. The van der Waals surface area contributed by atoms with Gasteiger partial charge in [-0.05, 0) is 44.9 Å². The highest BCUT2D eigenvalue weighted by Crippen LogP contribution is 2.15. The third kappa shape index (κ3) is 26.9. The molecule has 0 rings (SSSR count). The molecule has 0 aliphatic heterocycles. The highest BCUT2D eigenvalue weighted by atomic mass is 16.3. The Kier molecular flexibility index (Phi) is 31.3. The van der Waals surface area contributed by atoms with E-state index in [1.165, 1.54) is 96.3 Å². The number of hydrogen-bond acceptors (Lipinski definition) is 5. The molecule has 6 nitrogen and oxygen atoms in total. The molecule has 6 heteroatoms. The first-order valence-electron chi connectivity index (χ1n) is 18.2.